The summed E-state index contributed by atoms with van der Waals surface area (Å²) in [6.07, 6.45) is 2.21. The largest absolute Gasteiger partial charge is 0.329 e. The van der Waals surface area contributed by atoms with E-state index in [4.69, 9.17) is 5.73 Å². The van der Waals surface area contributed by atoms with Gasteiger partial charge in [-0.1, -0.05) is 36.4 Å². The van der Waals surface area contributed by atoms with Crippen molar-refractivity contribution < 1.29 is 0 Å². The van der Waals surface area contributed by atoms with E-state index in [1.165, 1.54) is 10.4 Å². The molecule has 0 aliphatic heterocycles. The smallest absolute Gasteiger partial charge is 0.0334 e. The maximum atomic E-state index is 6.07. The fourth-order valence-corrected chi connectivity index (χ4v) is 3.43. The van der Waals surface area contributed by atoms with Gasteiger partial charge >= 0.3 is 0 Å². The van der Waals surface area contributed by atoms with Crippen molar-refractivity contribution in [3.63, 3.8) is 0 Å². The molecule has 1 unspecified atom stereocenters. The van der Waals surface area contributed by atoms with Crippen LogP contribution >= 0.6 is 11.3 Å². The molecule has 2 rings (SSSR count). The summed E-state index contributed by atoms with van der Waals surface area (Å²) in [5, 5.41) is 2.15. The fraction of sp³-hybridized carbons (Fsp3) is 0.444. The molecular formula is C18H26N2S. The van der Waals surface area contributed by atoms with E-state index in [2.05, 4.69) is 66.6 Å². The van der Waals surface area contributed by atoms with Crippen LogP contribution in [-0.2, 0) is 13.0 Å². The monoisotopic (exact) mass is 302 g/mol. The van der Waals surface area contributed by atoms with Crippen molar-refractivity contribution in [2.75, 3.05) is 6.54 Å². The molecule has 0 radical (unpaired) electrons. The number of hydrogen-bond donors (Lipinski definition) is 1. The lowest BCUT2D eigenvalue weighted by Gasteiger charge is -2.34. The van der Waals surface area contributed by atoms with Gasteiger partial charge in [-0.25, -0.2) is 0 Å². The van der Waals surface area contributed by atoms with E-state index in [0.29, 0.717) is 12.1 Å². The molecule has 1 heterocycles. The molecular weight excluding hydrogens is 276 g/mol. The van der Waals surface area contributed by atoms with Gasteiger partial charge < -0.3 is 5.73 Å². The minimum absolute atomic E-state index is 0.437. The first kappa shape index (κ1) is 16.2. The SMILES string of the molecule is CC(C)N(Cc1cccs1)C(CN)CCc1ccccc1. The quantitative estimate of drug-likeness (QED) is 0.801. The Kier molecular flexibility index (Phi) is 6.43. The van der Waals surface area contributed by atoms with Crippen LogP contribution in [-0.4, -0.2) is 23.5 Å². The number of hydrogen-bond acceptors (Lipinski definition) is 3. The molecule has 1 aromatic carbocycles. The minimum Gasteiger partial charge on any atom is -0.329 e. The van der Waals surface area contributed by atoms with E-state index in [1.807, 2.05) is 11.3 Å². The molecule has 114 valence electrons. The zero-order valence-electron chi connectivity index (χ0n) is 13.0. The Labute approximate surface area is 132 Å². The third kappa shape index (κ3) is 4.95. The Morgan fingerprint density at radius 3 is 2.43 bits per heavy atom. The second-order valence-corrected chi connectivity index (χ2v) is 6.79. The van der Waals surface area contributed by atoms with Gasteiger partial charge in [0.05, 0.1) is 0 Å². The predicted molar refractivity (Wildman–Crippen MR) is 92.6 cm³/mol. The summed E-state index contributed by atoms with van der Waals surface area (Å²) in [4.78, 5) is 3.95. The standard InChI is InChI=1S/C18H26N2S/c1-15(2)20(14-18-9-6-12-21-18)17(13-19)11-10-16-7-4-3-5-8-16/h3-9,12,15,17H,10-11,13-14,19H2,1-2H3. The van der Waals surface area contributed by atoms with Gasteiger partial charge in [-0.2, -0.15) is 0 Å². The molecule has 2 nitrogen and oxygen atoms in total. The maximum absolute atomic E-state index is 6.07. The number of benzene rings is 1. The zero-order valence-corrected chi connectivity index (χ0v) is 13.9. The molecule has 2 aromatic rings. The first-order chi connectivity index (χ1) is 10.2. The number of thiophene rings is 1. The van der Waals surface area contributed by atoms with E-state index >= 15 is 0 Å². The predicted octanol–water partition coefficient (Wildman–Crippen LogP) is 3.92. The summed E-state index contributed by atoms with van der Waals surface area (Å²) in [5.41, 5.74) is 7.47. The van der Waals surface area contributed by atoms with Crippen molar-refractivity contribution in [2.24, 2.45) is 5.73 Å². The molecule has 0 amide bonds. The highest BCUT2D eigenvalue weighted by atomic mass is 32.1. The highest BCUT2D eigenvalue weighted by Crippen LogP contribution is 2.19. The molecule has 0 saturated heterocycles. The Morgan fingerprint density at radius 1 is 1.10 bits per heavy atom. The lowest BCUT2D eigenvalue weighted by Crippen LogP contribution is -2.44. The fourth-order valence-electron chi connectivity index (χ4n) is 2.71. The van der Waals surface area contributed by atoms with Crippen LogP contribution in [0.1, 0.15) is 30.7 Å². The molecule has 0 aliphatic carbocycles. The number of nitrogens with zero attached hydrogens (tertiary/aromatic N) is 1. The Morgan fingerprint density at radius 2 is 1.86 bits per heavy atom. The van der Waals surface area contributed by atoms with Crippen molar-refractivity contribution in [2.45, 2.75) is 45.3 Å². The van der Waals surface area contributed by atoms with Crippen molar-refractivity contribution in [3.05, 3.63) is 58.3 Å². The third-order valence-corrected chi connectivity index (χ3v) is 4.79. The van der Waals surface area contributed by atoms with Gasteiger partial charge in [0.25, 0.3) is 0 Å². The van der Waals surface area contributed by atoms with Crippen LogP contribution < -0.4 is 5.73 Å². The summed E-state index contributed by atoms with van der Waals surface area (Å²) in [5.74, 6) is 0. The Bertz CT molecular complexity index is 493. The van der Waals surface area contributed by atoms with E-state index in [0.717, 1.165) is 25.9 Å². The molecule has 2 N–H and O–H groups in total. The van der Waals surface area contributed by atoms with E-state index < -0.39 is 0 Å². The van der Waals surface area contributed by atoms with Crippen LogP contribution in [0.4, 0.5) is 0 Å². The summed E-state index contributed by atoms with van der Waals surface area (Å²) in [6.45, 7) is 6.25. The Hall–Kier alpha value is -1.16. The number of rotatable bonds is 8. The van der Waals surface area contributed by atoms with E-state index in [9.17, 15) is 0 Å². The average molecular weight is 302 g/mol. The molecule has 0 spiro atoms. The van der Waals surface area contributed by atoms with Crippen LogP contribution in [0.2, 0.25) is 0 Å². The topological polar surface area (TPSA) is 29.3 Å². The second kappa shape index (κ2) is 8.32. The molecule has 3 heteroatoms. The molecule has 0 bridgehead atoms. The molecule has 1 atom stereocenters. The van der Waals surface area contributed by atoms with Crippen LogP contribution in [0.5, 0.6) is 0 Å². The summed E-state index contributed by atoms with van der Waals surface area (Å²) in [6, 6.07) is 16.0. The molecule has 1 aromatic heterocycles. The summed E-state index contributed by atoms with van der Waals surface area (Å²) < 4.78 is 0. The van der Waals surface area contributed by atoms with E-state index in [-0.39, 0.29) is 0 Å². The molecule has 0 aliphatic rings. The van der Waals surface area contributed by atoms with Gasteiger partial charge in [-0.15, -0.1) is 11.3 Å². The zero-order chi connectivity index (χ0) is 15.1. The highest BCUT2D eigenvalue weighted by molar-refractivity contribution is 7.09. The maximum Gasteiger partial charge on any atom is 0.0334 e. The second-order valence-electron chi connectivity index (χ2n) is 5.76. The highest BCUT2D eigenvalue weighted by Gasteiger charge is 2.20. The van der Waals surface area contributed by atoms with Crippen LogP contribution in [0.15, 0.2) is 47.8 Å². The molecule has 0 fully saturated rings. The van der Waals surface area contributed by atoms with Gasteiger partial charge in [0.2, 0.25) is 0 Å². The van der Waals surface area contributed by atoms with Gasteiger partial charge in [0, 0.05) is 30.1 Å². The molecule has 0 saturated carbocycles. The molecule has 21 heavy (non-hydrogen) atoms. The van der Waals surface area contributed by atoms with Crippen LogP contribution in [0.25, 0.3) is 0 Å². The van der Waals surface area contributed by atoms with Gasteiger partial charge in [0.1, 0.15) is 0 Å². The van der Waals surface area contributed by atoms with Crippen molar-refractivity contribution in [1.82, 2.24) is 4.90 Å². The third-order valence-electron chi connectivity index (χ3n) is 3.93. The minimum atomic E-state index is 0.437. The summed E-state index contributed by atoms with van der Waals surface area (Å²) in [7, 11) is 0. The van der Waals surface area contributed by atoms with Crippen molar-refractivity contribution in [3.8, 4) is 0 Å². The first-order valence-corrected chi connectivity index (χ1v) is 8.60. The average Bonchev–Trinajstić information content (AvgIpc) is 3.00. The lowest BCUT2D eigenvalue weighted by molar-refractivity contribution is 0.142. The van der Waals surface area contributed by atoms with Crippen molar-refractivity contribution in [1.29, 1.82) is 0 Å². The van der Waals surface area contributed by atoms with Gasteiger partial charge in [-0.05, 0) is 43.7 Å². The number of aryl methyl sites for hydroxylation is 1. The normalized spacial score (nSPS) is 13.0. The summed E-state index contributed by atoms with van der Waals surface area (Å²) >= 11 is 1.83. The van der Waals surface area contributed by atoms with Crippen molar-refractivity contribution >= 4 is 11.3 Å². The first-order valence-electron chi connectivity index (χ1n) is 7.73. The lowest BCUT2D eigenvalue weighted by atomic mass is 10.0. The Balaban J connectivity index is 1.98. The number of nitrogens with two attached hydrogens (primary N) is 1. The van der Waals surface area contributed by atoms with Crippen LogP contribution in [0.3, 0.4) is 0 Å². The van der Waals surface area contributed by atoms with E-state index in [1.54, 1.807) is 0 Å². The van der Waals surface area contributed by atoms with Gasteiger partial charge in [-0.3, -0.25) is 4.90 Å². The van der Waals surface area contributed by atoms with Crippen LogP contribution in [0, 0.1) is 0 Å². The van der Waals surface area contributed by atoms with Gasteiger partial charge in [0.15, 0.2) is 0 Å².